The Morgan fingerprint density at radius 3 is 2.77 bits per heavy atom. The van der Waals surface area contributed by atoms with Crippen LogP contribution in [0.5, 0.6) is 0 Å². The monoisotopic (exact) mass is 295 g/mol. The van der Waals surface area contributed by atoms with E-state index in [1.54, 1.807) is 6.07 Å². The highest BCUT2D eigenvalue weighted by molar-refractivity contribution is 5.92. The zero-order chi connectivity index (χ0) is 15.4. The molecule has 0 spiro atoms. The third kappa shape index (κ3) is 3.06. The van der Waals surface area contributed by atoms with Gasteiger partial charge in [0.05, 0.1) is 5.69 Å². The number of benzene rings is 1. The van der Waals surface area contributed by atoms with Crippen LogP contribution in [0.3, 0.4) is 0 Å². The van der Waals surface area contributed by atoms with Crippen molar-refractivity contribution in [3.8, 4) is 0 Å². The predicted octanol–water partition coefficient (Wildman–Crippen LogP) is 2.40. The molecule has 0 unspecified atom stereocenters. The highest BCUT2D eigenvalue weighted by Crippen LogP contribution is 2.14. The summed E-state index contributed by atoms with van der Waals surface area (Å²) in [6, 6.07) is 13.4. The van der Waals surface area contributed by atoms with Crippen LogP contribution < -0.4 is 10.6 Å². The molecule has 2 amide bonds. The van der Waals surface area contributed by atoms with Crippen LogP contribution in [-0.2, 0) is 6.42 Å². The molecule has 0 saturated heterocycles. The minimum absolute atomic E-state index is 0.246. The smallest absolute Gasteiger partial charge is 0.319 e. The number of aryl methyl sites for hydroxylation is 1. The van der Waals surface area contributed by atoms with Gasteiger partial charge in [-0.15, -0.1) is 10.2 Å². The van der Waals surface area contributed by atoms with E-state index >= 15 is 0 Å². The first-order valence-corrected chi connectivity index (χ1v) is 7.13. The number of aromatic nitrogens is 3. The second kappa shape index (κ2) is 6.26. The normalized spacial score (nSPS) is 10.6. The van der Waals surface area contributed by atoms with Crippen LogP contribution in [0.15, 0.2) is 48.7 Å². The number of amides is 2. The lowest BCUT2D eigenvalue weighted by Gasteiger charge is -2.08. The van der Waals surface area contributed by atoms with Crippen molar-refractivity contribution in [1.82, 2.24) is 19.9 Å². The second-order valence-electron chi connectivity index (χ2n) is 4.98. The quantitative estimate of drug-likeness (QED) is 0.776. The molecule has 2 N–H and O–H groups in total. The number of rotatable bonds is 4. The number of nitrogens with zero attached hydrogens (tertiary/aromatic N) is 3. The van der Waals surface area contributed by atoms with Gasteiger partial charge in [0.1, 0.15) is 5.82 Å². The number of anilines is 1. The van der Waals surface area contributed by atoms with Gasteiger partial charge in [-0.1, -0.05) is 30.3 Å². The Morgan fingerprint density at radius 2 is 1.95 bits per heavy atom. The first-order valence-electron chi connectivity index (χ1n) is 7.13. The predicted molar refractivity (Wildman–Crippen MR) is 84.9 cm³/mol. The van der Waals surface area contributed by atoms with Crippen molar-refractivity contribution in [1.29, 1.82) is 0 Å². The Labute approximate surface area is 128 Å². The third-order valence-corrected chi connectivity index (χ3v) is 3.40. The lowest BCUT2D eigenvalue weighted by molar-refractivity contribution is 0.252. The lowest BCUT2D eigenvalue weighted by atomic mass is 10.1. The molecule has 0 aliphatic carbocycles. The molecule has 2 aromatic heterocycles. The maximum absolute atomic E-state index is 12.0. The molecule has 3 aromatic rings. The Balaban J connectivity index is 1.59. The van der Waals surface area contributed by atoms with Gasteiger partial charge in [-0.2, -0.15) is 0 Å². The molecule has 1 aromatic carbocycles. The van der Waals surface area contributed by atoms with Crippen LogP contribution in [0.4, 0.5) is 10.5 Å². The van der Waals surface area contributed by atoms with E-state index in [1.807, 2.05) is 53.9 Å². The van der Waals surface area contributed by atoms with Crippen molar-refractivity contribution < 1.29 is 4.79 Å². The van der Waals surface area contributed by atoms with Crippen LogP contribution in [0, 0.1) is 6.92 Å². The number of fused-ring (bicyclic) bond motifs is 1. The minimum Gasteiger partial charge on any atom is -0.338 e. The molecule has 22 heavy (non-hydrogen) atoms. The van der Waals surface area contributed by atoms with Crippen LogP contribution >= 0.6 is 0 Å². The van der Waals surface area contributed by atoms with E-state index in [1.165, 1.54) is 5.56 Å². The Bertz CT molecular complexity index is 782. The van der Waals surface area contributed by atoms with Crippen molar-refractivity contribution in [2.75, 3.05) is 11.9 Å². The molecule has 6 heteroatoms. The summed E-state index contributed by atoms with van der Waals surface area (Å²) in [7, 11) is 0. The van der Waals surface area contributed by atoms with Gasteiger partial charge in [0.15, 0.2) is 5.65 Å². The summed E-state index contributed by atoms with van der Waals surface area (Å²) >= 11 is 0. The van der Waals surface area contributed by atoms with Crippen molar-refractivity contribution >= 4 is 17.4 Å². The van der Waals surface area contributed by atoms with E-state index in [4.69, 9.17) is 0 Å². The highest BCUT2D eigenvalue weighted by Gasteiger charge is 2.08. The Kier molecular flexibility index (Phi) is 4.00. The minimum atomic E-state index is -0.246. The zero-order valence-corrected chi connectivity index (χ0v) is 12.3. The Hall–Kier alpha value is -2.89. The average Bonchev–Trinajstić information content (AvgIpc) is 2.91. The fourth-order valence-corrected chi connectivity index (χ4v) is 2.26. The van der Waals surface area contributed by atoms with E-state index in [-0.39, 0.29) is 6.03 Å². The molecular formula is C16H17N5O. The first kappa shape index (κ1) is 14.1. The number of pyridine rings is 1. The molecular weight excluding hydrogens is 278 g/mol. The van der Waals surface area contributed by atoms with E-state index in [0.717, 1.165) is 12.2 Å². The topological polar surface area (TPSA) is 71.3 Å². The van der Waals surface area contributed by atoms with E-state index in [0.29, 0.717) is 17.9 Å². The summed E-state index contributed by atoms with van der Waals surface area (Å²) in [6.07, 6.45) is 2.66. The molecule has 3 rings (SSSR count). The molecule has 2 heterocycles. The Morgan fingerprint density at radius 1 is 1.14 bits per heavy atom. The van der Waals surface area contributed by atoms with Gasteiger partial charge >= 0.3 is 6.03 Å². The van der Waals surface area contributed by atoms with Gasteiger partial charge in [-0.05, 0) is 31.0 Å². The molecule has 0 aliphatic rings. The molecule has 0 fully saturated rings. The maximum Gasteiger partial charge on any atom is 0.319 e. The second-order valence-corrected chi connectivity index (χ2v) is 4.98. The molecule has 0 saturated carbocycles. The molecule has 0 bridgehead atoms. The largest absolute Gasteiger partial charge is 0.338 e. The number of carbonyl (C=O) groups excluding carboxylic acids is 1. The van der Waals surface area contributed by atoms with Gasteiger partial charge in [-0.25, -0.2) is 4.79 Å². The lowest BCUT2D eigenvalue weighted by Crippen LogP contribution is -2.30. The molecule has 0 aliphatic heterocycles. The summed E-state index contributed by atoms with van der Waals surface area (Å²) in [6.45, 7) is 2.44. The van der Waals surface area contributed by atoms with Crippen molar-refractivity contribution in [3.05, 3.63) is 60.0 Å². The fourth-order valence-electron chi connectivity index (χ4n) is 2.26. The summed E-state index contributed by atoms with van der Waals surface area (Å²) in [4.78, 5) is 12.0. The van der Waals surface area contributed by atoms with Crippen LogP contribution in [-0.4, -0.2) is 27.2 Å². The first-order chi connectivity index (χ1) is 10.7. The van der Waals surface area contributed by atoms with E-state index < -0.39 is 0 Å². The summed E-state index contributed by atoms with van der Waals surface area (Å²) in [5.41, 5.74) is 2.47. The van der Waals surface area contributed by atoms with Crippen LogP contribution in [0.25, 0.3) is 5.65 Å². The fraction of sp³-hybridized carbons (Fsp3) is 0.188. The maximum atomic E-state index is 12.0. The molecule has 6 nitrogen and oxygen atoms in total. The number of hydrogen-bond acceptors (Lipinski definition) is 3. The van der Waals surface area contributed by atoms with E-state index in [2.05, 4.69) is 20.8 Å². The highest BCUT2D eigenvalue weighted by atomic mass is 16.2. The van der Waals surface area contributed by atoms with Crippen molar-refractivity contribution in [2.24, 2.45) is 0 Å². The summed E-state index contributed by atoms with van der Waals surface area (Å²) < 4.78 is 1.83. The number of hydrogen-bond donors (Lipinski definition) is 2. The number of nitrogens with one attached hydrogen (secondary N) is 2. The van der Waals surface area contributed by atoms with E-state index in [9.17, 15) is 4.79 Å². The van der Waals surface area contributed by atoms with Crippen molar-refractivity contribution in [3.63, 3.8) is 0 Å². The van der Waals surface area contributed by atoms with Crippen LogP contribution in [0.2, 0.25) is 0 Å². The van der Waals surface area contributed by atoms with Gasteiger partial charge in [-0.3, -0.25) is 4.40 Å². The average molecular weight is 295 g/mol. The van der Waals surface area contributed by atoms with Crippen LogP contribution in [0.1, 0.15) is 11.4 Å². The molecule has 112 valence electrons. The summed E-state index contributed by atoms with van der Waals surface area (Å²) in [5.74, 6) is 0.781. The van der Waals surface area contributed by atoms with Crippen molar-refractivity contribution in [2.45, 2.75) is 13.3 Å². The standard InChI is InChI=1S/C16H17N5O/c1-12-19-20-15-14(8-5-11-21(12)15)18-16(22)17-10-9-13-6-3-2-4-7-13/h2-8,11H,9-10H2,1H3,(H2,17,18,22). The zero-order valence-electron chi connectivity index (χ0n) is 12.3. The number of urea groups is 1. The molecule has 0 atom stereocenters. The number of carbonyl (C=O) groups is 1. The third-order valence-electron chi connectivity index (χ3n) is 3.40. The summed E-state index contributed by atoms with van der Waals surface area (Å²) in [5, 5.41) is 13.7. The SMILES string of the molecule is Cc1nnc2c(NC(=O)NCCc3ccccc3)cccn12. The van der Waals surface area contributed by atoms with Gasteiger partial charge in [0, 0.05) is 12.7 Å². The van der Waals surface area contributed by atoms with Gasteiger partial charge in [0.25, 0.3) is 0 Å². The molecule has 0 radical (unpaired) electrons. The van der Waals surface area contributed by atoms with Gasteiger partial charge < -0.3 is 10.6 Å². The van der Waals surface area contributed by atoms with Gasteiger partial charge in [0.2, 0.25) is 0 Å².